The fraction of sp³-hybridized carbons (Fsp3) is 0.250. The first-order valence-corrected chi connectivity index (χ1v) is 7.26. The van der Waals surface area contributed by atoms with Gasteiger partial charge in [0, 0.05) is 11.0 Å². The van der Waals surface area contributed by atoms with Gasteiger partial charge in [0.05, 0.1) is 7.11 Å². The number of halogens is 2. The molecule has 0 spiro atoms. The summed E-state index contributed by atoms with van der Waals surface area (Å²) in [6.45, 7) is 1.44. The topological polar surface area (TPSA) is 21.3 Å². The lowest BCUT2D eigenvalue weighted by molar-refractivity contribution is 0.414. The van der Waals surface area contributed by atoms with E-state index in [1.165, 1.54) is 6.07 Å². The Labute approximate surface area is 127 Å². The van der Waals surface area contributed by atoms with Crippen molar-refractivity contribution in [2.24, 2.45) is 0 Å². The van der Waals surface area contributed by atoms with Gasteiger partial charge >= 0.3 is 0 Å². The molecule has 0 saturated carbocycles. The van der Waals surface area contributed by atoms with Crippen LogP contribution in [0.1, 0.15) is 11.1 Å². The molecule has 0 aliphatic heterocycles. The number of methoxy groups -OCH3 is 1. The van der Waals surface area contributed by atoms with E-state index in [1.54, 1.807) is 13.2 Å². The van der Waals surface area contributed by atoms with E-state index < -0.39 is 0 Å². The Morgan fingerprint density at radius 2 is 1.95 bits per heavy atom. The van der Waals surface area contributed by atoms with Crippen molar-refractivity contribution < 1.29 is 9.13 Å². The molecule has 1 N–H and O–H groups in total. The highest BCUT2D eigenvalue weighted by Crippen LogP contribution is 2.22. The van der Waals surface area contributed by atoms with Gasteiger partial charge in [0.15, 0.2) is 0 Å². The molecule has 2 nitrogen and oxygen atoms in total. The van der Waals surface area contributed by atoms with Gasteiger partial charge in [0.25, 0.3) is 0 Å². The van der Waals surface area contributed by atoms with E-state index >= 15 is 0 Å². The average molecular weight is 338 g/mol. The smallest absolute Gasteiger partial charge is 0.126 e. The SMILES string of the molecule is COc1ccc(Br)c(CNCCc2ccccc2F)c1. The van der Waals surface area contributed by atoms with Gasteiger partial charge in [-0.25, -0.2) is 4.39 Å². The Morgan fingerprint density at radius 1 is 1.15 bits per heavy atom. The minimum Gasteiger partial charge on any atom is -0.497 e. The maximum Gasteiger partial charge on any atom is 0.126 e. The van der Waals surface area contributed by atoms with Crippen LogP contribution in [0.3, 0.4) is 0 Å². The summed E-state index contributed by atoms with van der Waals surface area (Å²) in [6, 6.07) is 12.7. The van der Waals surface area contributed by atoms with Crippen molar-refractivity contribution in [3.8, 4) is 5.75 Å². The van der Waals surface area contributed by atoms with Crippen LogP contribution in [0.2, 0.25) is 0 Å². The number of benzene rings is 2. The molecule has 2 rings (SSSR count). The Kier molecular flexibility index (Phi) is 5.56. The molecule has 4 heteroatoms. The van der Waals surface area contributed by atoms with Crippen LogP contribution >= 0.6 is 15.9 Å². The third-order valence-electron chi connectivity index (χ3n) is 3.10. The minimum atomic E-state index is -0.142. The summed E-state index contributed by atoms with van der Waals surface area (Å²) < 4.78 is 19.7. The summed E-state index contributed by atoms with van der Waals surface area (Å²) in [4.78, 5) is 0. The molecule has 0 heterocycles. The van der Waals surface area contributed by atoms with Crippen LogP contribution in [0.5, 0.6) is 5.75 Å². The molecule has 0 aliphatic carbocycles. The van der Waals surface area contributed by atoms with Crippen molar-refractivity contribution in [2.45, 2.75) is 13.0 Å². The summed E-state index contributed by atoms with van der Waals surface area (Å²) in [5.74, 6) is 0.691. The first kappa shape index (κ1) is 15.0. The molecule has 0 radical (unpaired) electrons. The van der Waals surface area contributed by atoms with Crippen LogP contribution < -0.4 is 10.1 Å². The molecular weight excluding hydrogens is 321 g/mol. The van der Waals surface area contributed by atoms with E-state index in [0.717, 1.165) is 27.9 Å². The first-order valence-electron chi connectivity index (χ1n) is 6.47. The monoisotopic (exact) mass is 337 g/mol. The van der Waals surface area contributed by atoms with Gasteiger partial charge in [-0.2, -0.15) is 0 Å². The molecule has 0 bridgehead atoms. The summed E-state index contributed by atoms with van der Waals surface area (Å²) >= 11 is 3.51. The number of ether oxygens (including phenoxy) is 1. The lowest BCUT2D eigenvalue weighted by atomic mass is 10.1. The molecule has 20 heavy (non-hydrogen) atoms. The van der Waals surface area contributed by atoms with Gasteiger partial charge in [0.1, 0.15) is 11.6 Å². The van der Waals surface area contributed by atoms with Crippen molar-refractivity contribution in [1.82, 2.24) is 5.32 Å². The predicted molar refractivity (Wildman–Crippen MR) is 82.5 cm³/mol. The predicted octanol–water partition coefficient (Wildman–Crippen LogP) is 3.93. The van der Waals surface area contributed by atoms with Gasteiger partial charge in [-0.1, -0.05) is 34.1 Å². The lowest BCUT2D eigenvalue weighted by Crippen LogP contribution is -2.17. The van der Waals surface area contributed by atoms with Crippen molar-refractivity contribution >= 4 is 15.9 Å². The molecule has 0 amide bonds. The van der Waals surface area contributed by atoms with E-state index in [-0.39, 0.29) is 5.82 Å². The van der Waals surface area contributed by atoms with E-state index in [1.807, 2.05) is 30.3 Å². The molecule has 106 valence electrons. The van der Waals surface area contributed by atoms with E-state index in [2.05, 4.69) is 21.2 Å². The standard InChI is InChI=1S/C16H17BrFNO/c1-20-14-6-7-15(17)13(10-14)11-19-9-8-12-4-2-3-5-16(12)18/h2-7,10,19H,8-9,11H2,1H3. The molecule has 2 aromatic carbocycles. The largest absolute Gasteiger partial charge is 0.497 e. The van der Waals surface area contributed by atoms with Crippen molar-refractivity contribution in [1.29, 1.82) is 0 Å². The molecule has 0 unspecified atom stereocenters. The number of hydrogen-bond acceptors (Lipinski definition) is 2. The van der Waals surface area contributed by atoms with Crippen LogP contribution in [0.4, 0.5) is 4.39 Å². The zero-order valence-electron chi connectivity index (χ0n) is 11.3. The second-order valence-corrected chi connectivity index (χ2v) is 5.33. The Hall–Kier alpha value is -1.39. The summed E-state index contributed by atoms with van der Waals surface area (Å²) in [6.07, 6.45) is 0.675. The molecule has 0 atom stereocenters. The third kappa shape index (κ3) is 4.05. The van der Waals surface area contributed by atoms with Crippen molar-refractivity contribution in [3.05, 3.63) is 63.9 Å². The second-order valence-electron chi connectivity index (χ2n) is 4.48. The molecule has 0 aromatic heterocycles. The lowest BCUT2D eigenvalue weighted by Gasteiger charge is -2.09. The van der Waals surface area contributed by atoms with Gasteiger partial charge in [0.2, 0.25) is 0 Å². The van der Waals surface area contributed by atoms with E-state index in [0.29, 0.717) is 13.0 Å². The molecule has 2 aromatic rings. The maximum atomic E-state index is 13.5. The number of hydrogen-bond donors (Lipinski definition) is 1. The third-order valence-corrected chi connectivity index (χ3v) is 3.87. The normalized spacial score (nSPS) is 10.6. The van der Waals surface area contributed by atoms with Crippen LogP contribution in [0.25, 0.3) is 0 Å². The molecule has 0 fully saturated rings. The fourth-order valence-corrected chi connectivity index (χ4v) is 2.35. The molecular formula is C16H17BrFNO. The van der Waals surface area contributed by atoms with Crippen LogP contribution in [0.15, 0.2) is 46.9 Å². The van der Waals surface area contributed by atoms with Crippen LogP contribution in [-0.2, 0) is 13.0 Å². The van der Waals surface area contributed by atoms with Gasteiger partial charge in [-0.05, 0) is 48.4 Å². The fourth-order valence-electron chi connectivity index (χ4n) is 1.96. The zero-order chi connectivity index (χ0) is 14.4. The number of rotatable bonds is 6. The van der Waals surface area contributed by atoms with Gasteiger partial charge < -0.3 is 10.1 Å². The molecule has 0 aliphatic rings. The van der Waals surface area contributed by atoms with Crippen molar-refractivity contribution in [3.63, 3.8) is 0 Å². The summed E-state index contributed by atoms with van der Waals surface area (Å²) in [7, 11) is 1.65. The van der Waals surface area contributed by atoms with Gasteiger partial charge in [-0.15, -0.1) is 0 Å². The Morgan fingerprint density at radius 3 is 2.70 bits per heavy atom. The zero-order valence-corrected chi connectivity index (χ0v) is 12.9. The van der Waals surface area contributed by atoms with Crippen LogP contribution in [-0.4, -0.2) is 13.7 Å². The average Bonchev–Trinajstić information content (AvgIpc) is 2.47. The number of nitrogens with one attached hydrogen (secondary N) is 1. The minimum absolute atomic E-state index is 0.142. The summed E-state index contributed by atoms with van der Waals surface area (Å²) in [5, 5.41) is 3.32. The van der Waals surface area contributed by atoms with Crippen LogP contribution in [0, 0.1) is 5.82 Å². The van der Waals surface area contributed by atoms with Crippen molar-refractivity contribution in [2.75, 3.05) is 13.7 Å². The first-order chi connectivity index (χ1) is 9.70. The van der Waals surface area contributed by atoms with E-state index in [4.69, 9.17) is 4.74 Å². The summed E-state index contributed by atoms with van der Waals surface area (Å²) in [5.41, 5.74) is 1.86. The second kappa shape index (κ2) is 7.41. The highest BCUT2D eigenvalue weighted by atomic mass is 79.9. The van der Waals surface area contributed by atoms with E-state index in [9.17, 15) is 4.39 Å². The molecule has 0 saturated heterocycles. The van der Waals surface area contributed by atoms with Gasteiger partial charge in [-0.3, -0.25) is 0 Å². The Bertz CT molecular complexity index is 574. The maximum absolute atomic E-state index is 13.5. The quantitative estimate of drug-likeness (QED) is 0.806. The highest BCUT2D eigenvalue weighted by molar-refractivity contribution is 9.10. The Balaban J connectivity index is 1.86. The highest BCUT2D eigenvalue weighted by Gasteiger charge is 2.03.